The standard InChI is InChI=1S/C38H63N5O5S/c1-8-14-20-30(13-6)27-43(28-31(21-15-9-2)22-16-10-3)49(47,48)33-24-19-18-23-32(33)40-41-35-29(7)34(36(44)39-37(35)45)38(46)42(25-12-5)26-17-11-4/h18-19,23-24,30-31H,8-17,20-22,25-28H2,1-7H3,(H2,39,44,45). The molecule has 11 heteroatoms. The summed E-state index contributed by atoms with van der Waals surface area (Å²) >= 11 is 0. The molecule has 1 heterocycles. The maximum absolute atomic E-state index is 14.6. The molecule has 0 aliphatic heterocycles. The zero-order valence-electron chi connectivity index (χ0n) is 31.3. The normalized spacial score (nSPS) is 12.8. The molecule has 0 aliphatic rings. The number of aromatic nitrogens is 1. The first-order valence-electron chi connectivity index (χ1n) is 18.8. The second-order valence-electron chi connectivity index (χ2n) is 13.4. The van der Waals surface area contributed by atoms with Gasteiger partial charge in [0.05, 0.1) is 0 Å². The number of hydrogen-bond donors (Lipinski definition) is 2. The summed E-state index contributed by atoms with van der Waals surface area (Å²) in [5, 5.41) is 19.2. The lowest BCUT2D eigenvalue weighted by molar-refractivity contribution is 0.0748. The number of hydrogen-bond acceptors (Lipinski definition) is 7. The number of unbranched alkanes of at least 4 members (excludes halogenated alkanes) is 4. The molecule has 0 bridgehead atoms. The fourth-order valence-corrected chi connectivity index (χ4v) is 7.96. The van der Waals surface area contributed by atoms with Gasteiger partial charge < -0.3 is 10.0 Å². The zero-order valence-corrected chi connectivity index (χ0v) is 32.1. The summed E-state index contributed by atoms with van der Waals surface area (Å²) in [6, 6.07) is 6.50. The Kier molecular flexibility index (Phi) is 18.8. The Morgan fingerprint density at radius 1 is 0.816 bits per heavy atom. The van der Waals surface area contributed by atoms with Gasteiger partial charge in [-0.15, -0.1) is 10.2 Å². The van der Waals surface area contributed by atoms with Gasteiger partial charge in [-0.25, -0.2) is 8.42 Å². The summed E-state index contributed by atoms with van der Waals surface area (Å²) in [6.07, 6.45) is 12.6. The van der Waals surface area contributed by atoms with Crippen LogP contribution in [0.4, 0.5) is 11.4 Å². The lowest BCUT2D eigenvalue weighted by atomic mass is 9.95. The Balaban J connectivity index is 2.61. The minimum absolute atomic E-state index is 0.0340. The van der Waals surface area contributed by atoms with E-state index in [9.17, 15) is 23.1 Å². The molecule has 1 atom stereocenters. The van der Waals surface area contributed by atoms with Gasteiger partial charge in [0.1, 0.15) is 16.1 Å². The summed E-state index contributed by atoms with van der Waals surface area (Å²) in [6.45, 7) is 16.1. The highest BCUT2D eigenvalue weighted by atomic mass is 32.2. The molecule has 10 nitrogen and oxygen atoms in total. The van der Waals surface area contributed by atoms with Gasteiger partial charge in [-0.1, -0.05) is 105 Å². The van der Waals surface area contributed by atoms with Gasteiger partial charge >= 0.3 is 0 Å². The second-order valence-corrected chi connectivity index (χ2v) is 15.3. The van der Waals surface area contributed by atoms with Crippen LogP contribution < -0.4 is 5.56 Å². The maximum Gasteiger partial charge on any atom is 0.278 e. The number of carbonyl (C=O) groups is 1. The predicted octanol–water partition coefficient (Wildman–Crippen LogP) is 9.66. The van der Waals surface area contributed by atoms with Crippen LogP contribution in [0.2, 0.25) is 0 Å². The lowest BCUT2D eigenvalue weighted by Gasteiger charge is -2.30. The van der Waals surface area contributed by atoms with E-state index in [1.807, 2.05) is 13.8 Å². The van der Waals surface area contributed by atoms with E-state index >= 15 is 0 Å². The molecule has 0 saturated heterocycles. The number of H-pyrrole nitrogens is 1. The molecule has 0 radical (unpaired) electrons. The van der Waals surface area contributed by atoms with E-state index in [2.05, 4.69) is 42.9 Å². The average Bonchev–Trinajstić information content (AvgIpc) is 3.08. The van der Waals surface area contributed by atoms with E-state index in [-0.39, 0.29) is 39.2 Å². The van der Waals surface area contributed by atoms with Crippen LogP contribution in [-0.2, 0) is 10.0 Å². The molecular formula is C38H63N5O5S. The van der Waals surface area contributed by atoms with Crippen molar-refractivity contribution in [1.82, 2.24) is 14.2 Å². The number of nitrogens with zero attached hydrogens (tertiary/aromatic N) is 4. The highest BCUT2D eigenvalue weighted by Gasteiger charge is 2.31. The largest absolute Gasteiger partial charge is 0.494 e. The van der Waals surface area contributed by atoms with E-state index in [1.54, 1.807) is 40.4 Å². The third-order valence-corrected chi connectivity index (χ3v) is 11.2. The van der Waals surface area contributed by atoms with Crippen LogP contribution >= 0.6 is 0 Å². The van der Waals surface area contributed by atoms with Crippen LogP contribution in [0.5, 0.6) is 5.88 Å². The van der Waals surface area contributed by atoms with Crippen molar-refractivity contribution >= 4 is 27.3 Å². The van der Waals surface area contributed by atoms with Crippen molar-refractivity contribution in [3.63, 3.8) is 0 Å². The smallest absolute Gasteiger partial charge is 0.278 e. The van der Waals surface area contributed by atoms with E-state index < -0.39 is 27.4 Å². The van der Waals surface area contributed by atoms with Crippen molar-refractivity contribution in [2.24, 2.45) is 22.1 Å². The van der Waals surface area contributed by atoms with E-state index in [1.165, 1.54) is 0 Å². The number of benzene rings is 1. The van der Waals surface area contributed by atoms with Crippen LogP contribution in [0.25, 0.3) is 0 Å². The number of azo groups is 1. The molecule has 1 unspecified atom stereocenters. The van der Waals surface area contributed by atoms with Gasteiger partial charge in [-0.3, -0.25) is 14.6 Å². The van der Waals surface area contributed by atoms with Crippen LogP contribution in [0.1, 0.15) is 141 Å². The summed E-state index contributed by atoms with van der Waals surface area (Å²) in [5.74, 6) is -0.422. The molecule has 0 spiro atoms. The van der Waals surface area contributed by atoms with Gasteiger partial charge in [0.25, 0.3) is 11.5 Å². The number of pyridine rings is 1. The molecule has 49 heavy (non-hydrogen) atoms. The van der Waals surface area contributed by atoms with E-state index in [0.29, 0.717) is 26.2 Å². The van der Waals surface area contributed by atoms with E-state index in [4.69, 9.17) is 0 Å². The fourth-order valence-electron chi connectivity index (χ4n) is 6.25. The molecule has 1 amide bonds. The quantitative estimate of drug-likeness (QED) is 0.105. The highest BCUT2D eigenvalue weighted by molar-refractivity contribution is 7.89. The molecule has 0 fully saturated rings. The first-order valence-corrected chi connectivity index (χ1v) is 20.2. The number of amides is 1. The molecule has 2 rings (SSSR count). The van der Waals surface area contributed by atoms with E-state index in [0.717, 1.165) is 83.5 Å². The number of carbonyl (C=O) groups excluding carboxylic acids is 1. The Hall–Kier alpha value is -3.05. The van der Waals surface area contributed by atoms with Gasteiger partial charge in [0.15, 0.2) is 5.69 Å². The average molecular weight is 702 g/mol. The van der Waals surface area contributed by atoms with Crippen molar-refractivity contribution in [3.05, 3.63) is 45.7 Å². The fraction of sp³-hybridized carbons (Fsp3) is 0.684. The summed E-state index contributed by atoms with van der Waals surface area (Å²) in [7, 11) is -3.99. The van der Waals surface area contributed by atoms with Crippen LogP contribution in [0, 0.1) is 18.8 Å². The van der Waals surface area contributed by atoms with Crippen molar-refractivity contribution in [2.75, 3.05) is 26.2 Å². The molecule has 2 aromatic rings. The number of aromatic hydroxyl groups is 1. The maximum atomic E-state index is 14.6. The summed E-state index contributed by atoms with van der Waals surface area (Å²) < 4.78 is 30.9. The molecule has 0 aliphatic carbocycles. The third-order valence-electron chi connectivity index (χ3n) is 9.33. The topological polar surface area (TPSA) is 136 Å². The van der Waals surface area contributed by atoms with Gasteiger partial charge in [-0.2, -0.15) is 4.31 Å². The van der Waals surface area contributed by atoms with Crippen molar-refractivity contribution < 1.29 is 18.3 Å². The monoisotopic (exact) mass is 701 g/mol. The minimum atomic E-state index is -3.99. The zero-order chi connectivity index (χ0) is 36.4. The first-order chi connectivity index (χ1) is 23.5. The van der Waals surface area contributed by atoms with Crippen molar-refractivity contribution in [3.8, 4) is 5.88 Å². The van der Waals surface area contributed by atoms with Crippen molar-refractivity contribution in [1.29, 1.82) is 0 Å². The lowest BCUT2D eigenvalue weighted by Crippen LogP contribution is -2.39. The molecule has 1 aromatic heterocycles. The van der Waals surface area contributed by atoms with Gasteiger partial charge in [0, 0.05) is 31.7 Å². The van der Waals surface area contributed by atoms with Gasteiger partial charge in [0.2, 0.25) is 15.9 Å². The second kappa shape index (κ2) is 21.9. The highest BCUT2D eigenvalue weighted by Crippen LogP contribution is 2.33. The minimum Gasteiger partial charge on any atom is -0.494 e. The number of sulfonamides is 1. The Bertz CT molecular complexity index is 1480. The molecular weight excluding hydrogens is 639 g/mol. The summed E-state index contributed by atoms with van der Waals surface area (Å²) in [4.78, 5) is 30.6. The Morgan fingerprint density at radius 2 is 1.39 bits per heavy atom. The number of aromatic amines is 1. The first kappa shape index (κ1) is 42.1. The molecule has 1 aromatic carbocycles. The SMILES string of the molecule is CCCCC(CC)CN(CC(CCCC)CCCC)S(=O)(=O)c1ccccc1N=Nc1c(C)c(C(=O)N(CCC)CCCC)c(O)[nH]c1=O. The Morgan fingerprint density at radius 3 is 1.96 bits per heavy atom. The van der Waals surface area contributed by atoms with Crippen molar-refractivity contribution in [2.45, 2.75) is 137 Å². The Labute approximate surface area is 295 Å². The number of rotatable bonds is 24. The molecule has 0 saturated carbocycles. The summed E-state index contributed by atoms with van der Waals surface area (Å²) in [5.41, 5.74) is -0.603. The molecule has 2 N–H and O–H groups in total. The third kappa shape index (κ3) is 12.3. The van der Waals surface area contributed by atoms with Crippen LogP contribution in [0.15, 0.2) is 44.2 Å². The van der Waals surface area contributed by atoms with Crippen LogP contribution in [0.3, 0.4) is 0 Å². The molecule has 276 valence electrons. The van der Waals surface area contributed by atoms with Crippen LogP contribution in [-0.4, -0.2) is 59.8 Å². The predicted molar refractivity (Wildman–Crippen MR) is 200 cm³/mol. The van der Waals surface area contributed by atoms with Gasteiger partial charge in [-0.05, 0) is 63.0 Å². The number of nitrogens with one attached hydrogen (secondary N) is 1.